The number of thiophene rings is 1. The van der Waals surface area contributed by atoms with E-state index in [0.717, 1.165) is 11.4 Å². The van der Waals surface area contributed by atoms with Crippen LogP contribution < -0.4 is 10.6 Å². The number of fused-ring (bicyclic) bond motifs is 3. The van der Waals surface area contributed by atoms with Crippen molar-refractivity contribution in [2.75, 3.05) is 5.32 Å². The minimum atomic E-state index is -0.171. The molecule has 0 bridgehead atoms. The number of rotatable bonds is 2. The average molecular weight is 323 g/mol. The summed E-state index contributed by atoms with van der Waals surface area (Å²) in [6.45, 7) is 0.484. The van der Waals surface area contributed by atoms with Crippen molar-refractivity contribution in [2.24, 2.45) is 0 Å². The van der Waals surface area contributed by atoms with Crippen LogP contribution in [0.2, 0.25) is 0 Å². The molecule has 0 fully saturated rings. The van der Waals surface area contributed by atoms with Crippen LogP contribution in [0.3, 0.4) is 0 Å². The lowest BCUT2D eigenvalue weighted by atomic mass is 10.1. The van der Waals surface area contributed by atoms with Crippen molar-refractivity contribution in [2.45, 2.75) is 6.54 Å². The molecule has 114 valence electrons. The van der Waals surface area contributed by atoms with Gasteiger partial charge in [0.25, 0.3) is 11.8 Å². The molecule has 23 heavy (non-hydrogen) atoms. The first-order valence-corrected chi connectivity index (χ1v) is 8.04. The van der Waals surface area contributed by atoms with Crippen LogP contribution >= 0.6 is 11.3 Å². The van der Waals surface area contributed by atoms with Gasteiger partial charge in [-0.1, -0.05) is 6.07 Å². The Hall–Kier alpha value is -2.86. The largest absolute Gasteiger partial charge is 0.346 e. The van der Waals surface area contributed by atoms with Crippen LogP contribution in [0, 0.1) is 0 Å². The van der Waals surface area contributed by atoms with Gasteiger partial charge in [-0.05, 0) is 41.8 Å². The van der Waals surface area contributed by atoms with E-state index < -0.39 is 0 Å². The number of benzene rings is 1. The van der Waals surface area contributed by atoms with E-state index in [4.69, 9.17) is 0 Å². The highest BCUT2D eigenvalue weighted by molar-refractivity contribution is 7.12. The Balaban J connectivity index is 1.71. The molecular formula is C17H13N3O2S. The van der Waals surface area contributed by atoms with E-state index in [9.17, 15) is 9.59 Å². The summed E-state index contributed by atoms with van der Waals surface area (Å²) in [5, 5.41) is 7.57. The molecule has 0 unspecified atom stereocenters. The van der Waals surface area contributed by atoms with Crippen molar-refractivity contribution < 1.29 is 9.59 Å². The number of carbonyl (C=O) groups excluding carboxylic acids is 2. The summed E-state index contributed by atoms with van der Waals surface area (Å²) in [5.41, 5.74) is 2.98. The maximum Gasteiger partial charge on any atom is 0.265 e. The van der Waals surface area contributed by atoms with Crippen LogP contribution in [0.5, 0.6) is 0 Å². The maximum atomic E-state index is 12.3. The van der Waals surface area contributed by atoms with Gasteiger partial charge in [-0.2, -0.15) is 0 Å². The van der Waals surface area contributed by atoms with E-state index >= 15 is 0 Å². The van der Waals surface area contributed by atoms with Crippen LogP contribution in [0.15, 0.2) is 54.0 Å². The van der Waals surface area contributed by atoms with Gasteiger partial charge in [-0.3, -0.25) is 9.59 Å². The van der Waals surface area contributed by atoms with Crippen LogP contribution in [0.1, 0.15) is 25.7 Å². The summed E-state index contributed by atoms with van der Waals surface area (Å²) in [5.74, 6) is -0.313. The number of hydrogen-bond acceptors (Lipinski definition) is 3. The fraction of sp³-hybridized carbons (Fsp3) is 0.0588. The molecule has 3 aromatic rings. The standard InChI is InChI=1S/C17H13N3O2S/c21-16-13-9-11(19-17(22)15-4-2-8-23-15)5-6-14(13)20-7-1-3-12(20)10-18-16/h1-9H,10H2,(H,18,21)(H,19,22). The Labute approximate surface area is 136 Å². The van der Waals surface area contributed by atoms with E-state index in [0.29, 0.717) is 22.7 Å². The summed E-state index contributed by atoms with van der Waals surface area (Å²) in [6.07, 6.45) is 1.93. The van der Waals surface area contributed by atoms with Crippen molar-refractivity contribution >= 4 is 28.8 Å². The zero-order valence-corrected chi connectivity index (χ0v) is 12.9. The first-order valence-electron chi connectivity index (χ1n) is 7.16. The third-order valence-corrected chi connectivity index (χ3v) is 4.64. The van der Waals surface area contributed by atoms with Crippen molar-refractivity contribution in [1.29, 1.82) is 0 Å². The summed E-state index contributed by atoms with van der Waals surface area (Å²) in [7, 11) is 0. The highest BCUT2D eigenvalue weighted by atomic mass is 32.1. The molecule has 0 atom stereocenters. The first kappa shape index (κ1) is 13.8. The van der Waals surface area contributed by atoms with Crippen molar-refractivity contribution in [3.8, 4) is 5.69 Å². The quantitative estimate of drug-likeness (QED) is 0.761. The molecule has 4 rings (SSSR count). The van der Waals surface area contributed by atoms with Gasteiger partial charge in [0.05, 0.1) is 22.7 Å². The predicted molar refractivity (Wildman–Crippen MR) is 89.2 cm³/mol. The molecule has 0 saturated heterocycles. The number of hydrogen-bond donors (Lipinski definition) is 2. The van der Waals surface area contributed by atoms with Gasteiger partial charge >= 0.3 is 0 Å². The van der Waals surface area contributed by atoms with E-state index in [1.54, 1.807) is 12.1 Å². The zero-order valence-electron chi connectivity index (χ0n) is 12.1. The molecule has 5 nitrogen and oxygen atoms in total. The Morgan fingerprint density at radius 2 is 2.13 bits per heavy atom. The Morgan fingerprint density at radius 3 is 2.96 bits per heavy atom. The van der Waals surface area contributed by atoms with Crippen molar-refractivity contribution in [3.63, 3.8) is 0 Å². The maximum absolute atomic E-state index is 12.3. The molecule has 0 aliphatic carbocycles. The second-order valence-corrected chi connectivity index (χ2v) is 6.16. The van der Waals surface area contributed by atoms with Crippen molar-refractivity contribution in [1.82, 2.24) is 9.88 Å². The fourth-order valence-corrected chi connectivity index (χ4v) is 3.29. The lowest BCUT2D eigenvalue weighted by Gasteiger charge is -2.11. The van der Waals surface area contributed by atoms with E-state index in [1.165, 1.54) is 11.3 Å². The number of amides is 2. The monoisotopic (exact) mass is 323 g/mol. The first-order chi connectivity index (χ1) is 11.2. The van der Waals surface area contributed by atoms with Crippen LogP contribution in [-0.4, -0.2) is 16.4 Å². The fourth-order valence-electron chi connectivity index (χ4n) is 2.67. The highest BCUT2D eigenvalue weighted by Crippen LogP contribution is 2.24. The molecule has 0 saturated carbocycles. The summed E-state index contributed by atoms with van der Waals surface area (Å²) in [4.78, 5) is 25.1. The molecule has 6 heteroatoms. The predicted octanol–water partition coefficient (Wildman–Crippen LogP) is 3.03. The van der Waals surface area contributed by atoms with Gasteiger partial charge in [0, 0.05) is 17.6 Å². The molecule has 1 aliphatic heterocycles. The van der Waals surface area contributed by atoms with Gasteiger partial charge in [0.1, 0.15) is 0 Å². The third-order valence-electron chi connectivity index (χ3n) is 3.77. The summed E-state index contributed by atoms with van der Waals surface area (Å²) >= 11 is 1.38. The molecule has 1 aromatic carbocycles. The smallest absolute Gasteiger partial charge is 0.265 e. The van der Waals surface area contributed by atoms with Crippen LogP contribution in [0.4, 0.5) is 5.69 Å². The number of aromatic nitrogens is 1. The number of nitrogens with zero attached hydrogens (tertiary/aromatic N) is 1. The zero-order chi connectivity index (χ0) is 15.8. The van der Waals surface area contributed by atoms with Gasteiger partial charge in [-0.25, -0.2) is 0 Å². The van der Waals surface area contributed by atoms with Crippen LogP contribution in [0.25, 0.3) is 5.69 Å². The van der Waals surface area contributed by atoms with Gasteiger partial charge in [-0.15, -0.1) is 11.3 Å². The summed E-state index contributed by atoms with van der Waals surface area (Å²) < 4.78 is 1.98. The lowest BCUT2D eigenvalue weighted by Crippen LogP contribution is -2.21. The minimum Gasteiger partial charge on any atom is -0.346 e. The Morgan fingerprint density at radius 1 is 1.22 bits per heavy atom. The molecule has 2 aromatic heterocycles. The lowest BCUT2D eigenvalue weighted by molar-refractivity contribution is 0.0951. The molecule has 3 heterocycles. The molecule has 0 spiro atoms. The highest BCUT2D eigenvalue weighted by Gasteiger charge is 2.20. The normalized spacial score (nSPS) is 12.8. The summed E-state index contributed by atoms with van der Waals surface area (Å²) in [6, 6.07) is 12.9. The van der Waals surface area contributed by atoms with Gasteiger partial charge < -0.3 is 15.2 Å². The van der Waals surface area contributed by atoms with E-state index in [2.05, 4.69) is 10.6 Å². The molecular weight excluding hydrogens is 310 g/mol. The van der Waals surface area contributed by atoms with Gasteiger partial charge in [0.15, 0.2) is 0 Å². The topological polar surface area (TPSA) is 63.1 Å². The van der Waals surface area contributed by atoms with E-state index in [-0.39, 0.29) is 11.8 Å². The third kappa shape index (κ3) is 2.43. The second kappa shape index (κ2) is 5.40. The SMILES string of the molecule is O=C(Nc1ccc2c(c1)C(=O)NCc1cccn1-2)c1cccs1. The number of carbonyl (C=O) groups is 2. The molecule has 0 radical (unpaired) electrons. The van der Waals surface area contributed by atoms with Gasteiger partial charge in [0.2, 0.25) is 0 Å². The minimum absolute atomic E-state index is 0.143. The number of nitrogens with one attached hydrogen (secondary N) is 2. The molecule has 2 N–H and O–H groups in total. The Kier molecular flexibility index (Phi) is 3.24. The van der Waals surface area contributed by atoms with Crippen LogP contribution in [-0.2, 0) is 6.54 Å². The molecule has 1 aliphatic rings. The van der Waals surface area contributed by atoms with E-state index in [1.807, 2.05) is 46.5 Å². The average Bonchev–Trinajstić information content (AvgIpc) is 3.22. The Bertz CT molecular complexity index is 896. The second-order valence-electron chi connectivity index (χ2n) is 5.22. The molecule has 2 amide bonds. The van der Waals surface area contributed by atoms with Crippen molar-refractivity contribution in [3.05, 3.63) is 70.2 Å². The number of anilines is 1.